The number of hydrogen-bond donors (Lipinski definition) is 0. The van der Waals surface area contributed by atoms with Crippen LogP contribution in [0.25, 0.3) is 5.69 Å². The molecule has 1 aromatic heterocycles. The number of rotatable bonds is 13. The van der Waals surface area contributed by atoms with Gasteiger partial charge in [0.25, 0.3) is 0 Å². The molecule has 214 valence electrons. The van der Waals surface area contributed by atoms with Crippen molar-refractivity contribution in [2.24, 2.45) is 16.5 Å². The lowest BCUT2D eigenvalue weighted by molar-refractivity contribution is -0.147. The number of carbonyl (C=O) groups is 1. The number of carbonyl (C=O) groups excluding carboxylic acids is 1. The van der Waals surface area contributed by atoms with E-state index >= 15 is 0 Å². The van der Waals surface area contributed by atoms with Gasteiger partial charge in [-0.3, -0.25) is 4.79 Å². The van der Waals surface area contributed by atoms with Crippen LogP contribution in [0.2, 0.25) is 0 Å². The van der Waals surface area contributed by atoms with Gasteiger partial charge in [0, 0.05) is 11.8 Å². The molecular weight excluding hydrogens is 514 g/mol. The number of ether oxygens (including phenoxy) is 2. The average Bonchev–Trinajstić information content (AvgIpc) is 3.46. The molecule has 0 saturated heterocycles. The van der Waals surface area contributed by atoms with Crippen LogP contribution in [0.1, 0.15) is 49.9 Å². The summed E-state index contributed by atoms with van der Waals surface area (Å²) in [4.78, 5) is 18.4. The molecule has 3 aromatic carbocycles. The zero-order chi connectivity index (χ0) is 29.2. The zero-order valence-electron chi connectivity index (χ0n) is 24.5. The molecule has 0 bridgehead atoms. The molecule has 0 aliphatic heterocycles. The van der Waals surface area contributed by atoms with Crippen LogP contribution in [0, 0.1) is 11.3 Å². The lowest BCUT2D eigenvalue weighted by Gasteiger charge is -2.26. The molecule has 4 rings (SSSR count). The van der Waals surface area contributed by atoms with E-state index in [1.54, 1.807) is 6.92 Å². The van der Waals surface area contributed by atoms with Gasteiger partial charge in [0.15, 0.2) is 0 Å². The first-order chi connectivity index (χ1) is 19.8. The lowest BCUT2D eigenvalue weighted by atomic mass is 9.79. The van der Waals surface area contributed by atoms with Crippen molar-refractivity contribution in [2.75, 3.05) is 7.11 Å². The van der Waals surface area contributed by atoms with E-state index in [-0.39, 0.29) is 5.97 Å². The van der Waals surface area contributed by atoms with Crippen LogP contribution in [0.4, 0.5) is 0 Å². The summed E-state index contributed by atoms with van der Waals surface area (Å²) < 4.78 is 13.0. The van der Waals surface area contributed by atoms with E-state index < -0.39 is 5.41 Å². The normalized spacial score (nSPS) is 13.1. The van der Waals surface area contributed by atoms with Crippen LogP contribution in [0.5, 0.6) is 5.75 Å². The summed E-state index contributed by atoms with van der Waals surface area (Å²) >= 11 is 0. The maximum atomic E-state index is 12.8. The molecule has 0 fully saturated rings. The summed E-state index contributed by atoms with van der Waals surface area (Å²) in [5.41, 5.74) is 4.85. The molecule has 0 radical (unpaired) electrons. The van der Waals surface area contributed by atoms with E-state index in [1.807, 2.05) is 78.6 Å². The van der Waals surface area contributed by atoms with Crippen molar-refractivity contribution in [3.05, 3.63) is 114 Å². The number of esters is 1. The van der Waals surface area contributed by atoms with E-state index in [4.69, 9.17) is 14.3 Å². The fourth-order valence-corrected chi connectivity index (χ4v) is 4.56. The Bertz CT molecular complexity index is 1430. The van der Waals surface area contributed by atoms with Crippen molar-refractivity contribution in [2.45, 2.75) is 53.8 Å². The molecule has 1 atom stereocenters. The maximum Gasteiger partial charge on any atom is 0.317 e. The van der Waals surface area contributed by atoms with Crippen molar-refractivity contribution in [3.63, 3.8) is 0 Å². The van der Waals surface area contributed by atoms with E-state index in [2.05, 4.69) is 48.4 Å². The highest BCUT2D eigenvalue weighted by molar-refractivity contribution is 6.05. The van der Waals surface area contributed by atoms with Gasteiger partial charge in [0.1, 0.15) is 24.4 Å². The summed E-state index contributed by atoms with van der Waals surface area (Å²) in [5, 5.41) is 8.75. The molecule has 0 amide bonds. The van der Waals surface area contributed by atoms with E-state index in [0.717, 1.165) is 34.5 Å². The van der Waals surface area contributed by atoms with Crippen LogP contribution in [0.15, 0.2) is 96.4 Å². The highest BCUT2D eigenvalue weighted by Crippen LogP contribution is 2.28. The second kappa shape index (κ2) is 13.8. The number of hydrogen-bond acceptors (Lipinski definition) is 6. The quantitative estimate of drug-likeness (QED) is 0.102. The second-order valence-corrected chi connectivity index (χ2v) is 10.9. The van der Waals surface area contributed by atoms with Crippen LogP contribution in [-0.2, 0) is 40.4 Å². The molecule has 0 saturated carbocycles. The second-order valence-electron chi connectivity index (χ2n) is 10.9. The number of benzene rings is 3. The molecule has 1 unspecified atom stereocenters. The van der Waals surface area contributed by atoms with Crippen molar-refractivity contribution in [1.82, 2.24) is 9.78 Å². The Labute approximate surface area is 242 Å². The third-order valence-corrected chi connectivity index (χ3v) is 7.08. The molecular formula is C34H39N3O4. The van der Waals surface area contributed by atoms with E-state index in [0.29, 0.717) is 31.3 Å². The molecule has 0 aliphatic rings. The highest BCUT2D eigenvalue weighted by Gasteiger charge is 2.38. The van der Waals surface area contributed by atoms with Crippen LogP contribution < -0.4 is 4.74 Å². The monoisotopic (exact) mass is 553 g/mol. The molecule has 7 nitrogen and oxygen atoms in total. The van der Waals surface area contributed by atoms with Gasteiger partial charge in [-0.05, 0) is 73.6 Å². The smallest absolute Gasteiger partial charge is 0.317 e. The van der Waals surface area contributed by atoms with Crippen molar-refractivity contribution < 1.29 is 19.1 Å². The molecule has 41 heavy (non-hydrogen) atoms. The molecule has 0 aliphatic carbocycles. The third kappa shape index (κ3) is 8.07. The third-order valence-electron chi connectivity index (χ3n) is 7.08. The van der Waals surface area contributed by atoms with Crippen molar-refractivity contribution in [3.8, 4) is 11.4 Å². The minimum Gasteiger partial charge on any atom is -0.489 e. The van der Waals surface area contributed by atoms with Gasteiger partial charge in [0.2, 0.25) is 0 Å². The minimum atomic E-state index is -0.977. The Kier molecular flexibility index (Phi) is 9.95. The van der Waals surface area contributed by atoms with Crippen LogP contribution >= 0.6 is 0 Å². The predicted octanol–water partition coefficient (Wildman–Crippen LogP) is 6.96. The topological polar surface area (TPSA) is 74.9 Å². The van der Waals surface area contributed by atoms with Gasteiger partial charge < -0.3 is 14.3 Å². The first-order valence-electron chi connectivity index (χ1n) is 13.9. The highest BCUT2D eigenvalue weighted by atomic mass is 16.6. The minimum absolute atomic E-state index is 0.324. The van der Waals surface area contributed by atoms with Crippen LogP contribution in [0.3, 0.4) is 0 Å². The van der Waals surface area contributed by atoms with Gasteiger partial charge in [-0.25, -0.2) is 4.68 Å². The summed E-state index contributed by atoms with van der Waals surface area (Å²) in [7, 11) is 1.39. The van der Waals surface area contributed by atoms with E-state index in [1.165, 1.54) is 12.7 Å². The first-order valence-corrected chi connectivity index (χ1v) is 13.9. The Balaban J connectivity index is 1.35. The fraction of sp³-hybridized carbons (Fsp3) is 0.324. The van der Waals surface area contributed by atoms with Gasteiger partial charge in [-0.15, -0.1) is 0 Å². The van der Waals surface area contributed by atoms with Crippen molar-refractivity contribution >= 4 is 11.7 Å². The van der Waals surface area contributed by atoms with E-state index in [9.17, 15) is 4.79 Å². The Morgan fingerprint density at radius 3 is 2.24 bits per heavy atom. The standard InChI is InChI=1S/C34H39N3O4/c1-25(2)19-27-11-15-31(16-12-27)37-22-30(21-35-37)23-40-32-17-13-28(14-18-32)20-34(4,33(38)39-5)26(3)36-41-24-29-9-7-6-8-10-29/h6-18,21-22,25H,19-20,23-24H2,1-5H3. The summed E-state index contributed by atoms with van der Waals surface area (Å²) in [6, 6.07) is 26.0. The number of methoxy groups -OCH3 is 1. The summed E-state index contributed by atoms with van der Waals surface area (Å²) in [6.07, 6.45) is 5.28. The molecule has 4 aromatic rings. The summed E-state index contributed by atoms with van der Waals surface area (Å²) in [5.74, 6) is 0.994. The Hall–Kier alpha value is -4.39. The first kappa shape index (κ1) is 29.6. The number of oxime groups is 1. The molecule has 7 heteroatoms. The van der Waals surface area contributed by atoms with Gasteiger partial charge >= 0.3 is 5.97 Å². The zero-order valence-corrected chi connectivity index (χ0v) is 24.5. The van der Waals surface area contributed by atoms with Gasteiger partial charge in [0.05, 0.1) is 24.7 Å². The maximum absolute atomic E-state index is 12.8. The van der Waals surface area contributed by atoms with Crippen molar-refractivity contribution in [1.29, 1.82) is 0 Å². The number of aromatic nitrogens is 2. The predicted molar refractivity (Wildman–Crippen MR) is 161 cm³/mol. The summed E-state index contributed by atoms with van der Waals surface area (Å²) in [6.45, 7) is 8.78. The number of nitrogens with zero attached hydrogens (tertiary/aromatic N) is 3. The Morgan fingerprint density at radius 2 is 1.59 bits per heavy atom. The fourth-order valence-electron chi connectivity index (χ4n) is 4.56. The SMILES string of the molecule is COC(=O)C(C)(Cc1ccc(OCc2cnn(-c3ccc(CC(C)C)cc3)c2)cc1)C(C)=NOCc1ccccc1. The lowest BCUT2D eigenvalue weighted by Crippen LogP contribution is -2.38. The average molecular weight is 554 g/mol. The molecule has 1 heterocycles. The Morgan fingerprint density at radius 1 is 0.902 bits per heavy atom. The largest absolute Gasteiger partial charge is 0.489 e. The van der Waals surface area contributed by atoms with Crippen LogP contribution in [-0.4, -0.2) is 28.6 Å². The van der Waals surface area contributed by atoms with Gasteiger partial charge in [-0.1, -0.05) is 73.6 Å². The molecule has 0 spiro atoms. The van der Waals surface area contributed by atoms with Gasteiger partial charge in [-0.2, -0.15) is 5.10 Å². The molecule has 0 N–H and O–H groups in total.